The molecule has 9 heteroatoms. The summed E-state index contributed by atoms with van der Waals surface area (Å²) >= 11 is 0. The van der Waals surface area contributed by atoms with E-state index in [0.717, 1.165) is 18.4 Å². The zero-order chi connectivity index (χ0) is 24.3. The van der Waals surface area contributed by atoms with Crippen molar-refractivity contribution in [2.24, 2.45) is 5.92 Å². The van der Waals surface area contributed by atoms with Crippen LogP contribution in [0, 0.1) is 5.92 Å². The Bertz CT molecular complexity index is 990. The number of benzene rings is 1. The molecule has 0 bridgehead atoms. The molecule has 8 nitrogen and oxygen atoms in total. The summed E-state index contributed by atoms with van der Waals surface area (Å²) in [6, 6.07) is 7.44. The van der Waals surface area contributed by atoms with E-state index in [9.17, 15) is 18.0 Å². The quantitative estimate of drug-likeness (QED) is 0.581. The molecule has 0 aliphatic carbocycles. The molecule has 3 heterocycles. The van der Waals surface area contributed by atoms with Crippen molar-refractivity contribution in [3.05, 3.63) is 29.8 Å². The van der Waals surface area contributed by atoms with Gasteiger partial charge in [-0.05, 0) is 25.3 Å². The number of piperazine rings is 1. The van der Waals surface area contributed by atoms with Crippen LogP contribution in [0.5, 0.6) is 5.75 Å². The van der Waals surface area contributed by atoms with E-state index < -0.39 is 9.84 Å². The Morgan fingerprint density at radius 1 is 1.12 bits per heavy atom. The van der Waals surface area contributed by atoms with Crippen molar-refractivity contribution in [2.45, 2.75) is 51.1 Å². The number of piperidine rings is 1. The smallest absolute Gasteiger partial charge is 0.228 e. The summed E-state index contributed by atoms with van der Waals surface area (Å²) in [5.41, 5.74) is 0.891. The number of methoxy groups -OCH3 is 1. The van der Waals surface area contributed by atoms with Crippen LogP contribution >= 0.6 is 0 Å². The van der Waals surface area contributed by atoms with Gasteiger partial charge in [-0.1, -0.05) is 31.5 Å². The second kappa shape index (κ2) is 10.6. The fraction of sp³-hybridized carbons (Fsp3) is 0.680. The third-order valence-electron chi connectivity index (χ3n) is 7.58. The molecule has 3 atom stereocenters. The van der Waals surface area contributed by atoms with Crippen molar-refractivity contribution < 1.29 is 22.7 Å². The van der Waals surface area contributed by atoms with Crippen LogP contribution in [0.15, 0.2) is 24.3 Å². The van der Waals surface area contributed by atoms with Gasteiger partial charge in [0.15, 0.2) is 9.84 Å². The lowest BCUT2D eigenvalue weighted by Gasteiger charge is -2.44. The Morgan fingerprint density at radius 3 is 2.50 bits per heavy atom. The number of para-hydroxylation sites is 1. The zero-order valence-corrected chi connectivity index (χ0v) is 21.1. The number of carbonyl (C=O) groups is 2. The highest BCUT2D eigenvalue weighted by atomic mass is 32.2. The summed E-state index contributed by atoms with van der Waals surface area (Å²) in [7, 11) is -1.30. The lowest BCUT2D eigenvalue weighted by Crippen LogP contribution is -2.55. The Kier molecular flexibility index (Phi) is 7.82. The minimum Gasteiger partial charge on any atom is -0.496 e. The number of unbranched alkanes of at least 4 members (excludes halogenated alkanes) is 1. The summed E-state index contributed by atoms with van der Waals surface area (Å²) in [6.45, 7) is 5.30. The summed E-state index contributed by atoms with van der Waals surface area (Å²) < 4.78 is 29.4. The first-order chi connectivity index (χ1) is 16.3. The molecule has 34 heavy (non-hydrogen) atoms. The molecule has 0 saturated carbocycles. The van der Waals surface area contributed by atoms with Gasteiger partial charge < -0.3 is 14.5 Å². The maximum atomic E-state index is 13.8. The monoisotopic (exact) mass is 491 g/mol. The van der Waals surface area contributed by atoms with Crippen molar-refractivity contribution in [1.82, 2.24) is 14.7 Å². The number of ether oxygens (including phenoxy) is 1. The van der Waals surface area contributed by atoms with Gasteiger partial charge in [-0.25, -0.2) is 8.42 Å². The van der Waals surface area contributed by atoms with E-state index in [4.69, 9.17) is 4.74 Å². The van der Waals surface area contributed by atoms with Crippen LogP contribution in [0.1, 0.15) is 50.6 Å². The number of nitrogens with zero attached hydrogens (tertiary/aromatic N) is 3. The molecule has 0 N–H and O–H groups in total. The number of hydrogen-bond donors (Lipinski definition) is 0. The number of sulfone groups is 1. The van der Waals surface area contributed by atoms with E-state index in [0.29, 0.717) is 57.7 Å². The molecule has 2 amide bonds. The highest BCUT2D eigenvalue weighted by Gasteiger charge is 2.44. The predicted molar refractivity (Wildman–Crippen MR) is 130 cm³/mol. The third kappa shape index (κ3) is 5.25. The minimum absolute atomic E-state index is 0.0698. The van der Waals surface area contributed by atoms with Gasteiger partial charge in [-0.3, -0.25) is 14.5 Å². The maximum absolute atomic E-state index is 13.8. The van der Waals surface area contributed by atoms with Crippen LogP contribution in [0.2, 0.25) is 0 Å². The molecule has 3 aliphatic heterocycles. The summed E-state index contributed by atoms with van der Waals surface area (Å²) in [6.07, 6.45) is 3.46. The Labute approximate surface area is 203 Å². The molecule has 0 aromatic heterocycles. The van der Waals surface area contributed by atoms with Crippen LogP contribution in [0.3, 0.4) is 0 Å². The molecule has 3 saturated heterocycles. The largest absolute Gasteiger partial charge is 0.496 e. The van der Waals surface area contributed by atoms with Crippen molar-refractivity contribution >= 4 is 21.7 Å². The van der Waals surface area contributed by atoms with Crippen LogP contribution in [-0.2, 0) is 19.4 Å². The van der Waals surface area contributed by atoms with E-state index in [1.54, 1.807) is 7.11 Å². The SMILES string of the molecule is CCCCN1C(=O)CC[C@H](C(=O)N2CCN([C@@H]3CCS(=O)(=O)C3)CC2)[C@H]1c1ccccc1OC. The van der Waals surface area contributed by atoms with E-state index in [1.165, 1.54) is 0 Å². The molecular formula is C25H37N3O5S. The zero-order valence-electron chi connectivity index (χ0n) is 20.3. The number of carbonyl (C=O) groups excluding carboxylic acids is 2. The second-order valence-corrected chi connectivity index (χ2v) is 11.9. The standard InChI is InChI=1S/C25H37N3O5S/c1-3-4-12-28-23(29)10-9-21(24(28)20-7-5-6-8-22(20)33-2)25(30)27-15-13-26(14-16-27)19-11-17-34(31,32)18-19/h5-8,19,21,24H,3-4,9-18H2,1-2H3/t19-,21+,24-/m1/s1. The maximum Gasteiger partial charge on any atom is 0.228 e. The third-order valence-corrected chi connectivity index (χ3v) is 9.33. The Morgan fingerprint density at radius 2 is 1.85 bits per heavy atom. The summed E-state index contributed by atoms with van der Waals surface area (Å²) in [5, 5.41) is 0. The summed E-state index contributed by atoms with van der Waals surface area (Å²) in [4.78, 5) is 32.8. The van der Waals surface area contributed by atoms with Gasteiger partial charge in [0.25, 0.3) is 0 Å². The topological polar surface area (TPSA) is 87.2 Å². The molecule has 4 rings (SSSR count). The van der Waals surface area contributed by atoms with Gasteiger partial charge in [0.05, 0.1) is 30.6 Å². The highest BCUT2D eigenvalue weighted by Crippen LogP contribution is 2.41. The molecule has 3 fully saturated rings. The molecular weight excluding hydrogens is 454 g/mol. The van der Waals surface area contributed by atoms with Crippen molar-refractivity contribution in [3.63, 3.8) is 0 Å². The van der Waals surface area contributed by atoms with Crippen LogP contribution < -0.4 is 4.74 Å². The molecule has 1 aromatic carbocycles. The highest BCUT2D eigenvalue weighted by molar-refractivity contribution is 7.91. The van der Waals surface area contributed by atoms with Gasteiger partial charge in [0.2, 0.25) is 11.8 Å². The van der Waals surface area contributed by atoms with Crippen molar-refractivity contribution in [2.75, 3.05) is 51.3 Å². The lowest BCUT2D eigenvalue weighted by molar-refractivity contribution is -0.149. The molecule has 0 spiro atoms. The molecule has 3 aliphatic rings. The van der Waals surface area contributed by atoms with Gasteiger partial charge >= 0.3 is 0 Å². The van der Waals surface area contributed by atoms with Crippen LogP contribution in [-0.4, -0.2) is 92.3 Å². The first-order valence-electron chi connectivity index (χ1n) is 12.5. The Hall–Kier alpha value is -2.13. The molecule has 1 aromatic rings. The van der Waals surface area contributed by atoms with E-state index >= 15 is 0 Å². The number of hydrogen-bond acceptors (Lipinski definition) is 6. The van der Waals surface area contributed by atoms with E-state index in [2.05, 4.69) is 11.8 Å². The van der Waals surface area contributed by atoms with Gasteiger partial charge in [-0.15, -0.1) is 0 Å². The lowest BCUT2D eigenvalue weighted by atomic mass is 9.82. The second-order valence-electron chi connectivity index (χ2n) is 9.69. The number of rotatable bonds is 7. The normalized spacial score (nSPS) is 27.7. The fourth-order valence-corrected chi connectivity index (χ4v) is 7.47. The van der Waals surface area contributed by atoms with Gasteiger partial charge in [0, 0.05) is 50.7 Å². The van der Waals surface area contributed by atoms with Crippen molar-refractivity contribution in [1.29, 1.82) is 0 Å². The molecule has 0 unspecified atom stereocenters. The van der Waals surface area contributed by atoms with Gasteiger partial charge in [-0.2, -0.15) is 0 Å². The average molecular weight is 492 g/mol. The van der Waals surface area contributed by atoms with Crippen LogP contribution in [0.25, 0.3) is 0 Å². The average Bonchev–Trinajstić information content (AvgIpc) is 3.22. The number of likely N-dealkylation sites (tertiary alicyclic amines) is 1. The van der Waals surface area contributed by atoms with Crippen LogP contribution in [0.4, 0.5) is 0 Å². The first kappa shape index (κ1) is 25.0. The number of amides is 2. The van der Waals surface area contributed by atoms with E-state index in [1.807, 2.05) is 34.1 Å². The summed E-state index contributed by atoms with van der Waals surface area (Å²) in [5.74, 6) is 1.07. The minimum atomic E-state index is -2.93. The predicted octanol–water partition coefficient (Wildman–Crippen LogP) is 2.11. The van der Waals surface area contributed by atoms with Crippen molar-refractivity contribution in [3.8, 4) is 5.75 Å². The Balaban J connectivity index is 1.52. The van der Waals surface area contributed by atoms with Gasteiger partial charge in [0.1, 0.15) is 5.75 Å². The van der Waals surface area contributed by atoms with E-state index in [-0.39, 0.29) is 41.3 Å². The first-order valence-corrected chi connectivity index (χ1v) is 14.3. The molecule has 0 radical (unpaired) electrons. The fourth-order valence-electron chi connectivity index (χ4n) is 5.70. The molecule has 188 valence electrons.